The van der Waals surface area contributed by atoms with E-state index in [1.807, 2.05) is 20.0 Å². The maximum Gasteiger partial charge on any atom is 0.156 e. The largest absolute Gasteiger partial charge is 0.375 e. The highest BCUT2D eigenvalue weighted by Gasteiger charge is 2.02. The molecule has 0 aliphatic carbocycles. The number of anilines is 1. The second-order valence-electron chi connectivity index (χ2n) is 3.14. The Morgan fingerprint density at radius 1 is 1.43 bits per heavy atom. The van der Waals surface area contributed by atoms with Crippen LogP contribution < -0.4 is 5.32 Å². The molecule has 0 saturated heterocycles. The molecule has 2 heterocycles. The molecule has 0 aliphatic heterocycles. The molecule has 0 bridgehead atoms. The third-order valence-electron chi connectivity index (χ3n) is 1.98. The van der Waals surface area contributed by atoms with Crippen LogP contribution in [0, 0.1) is 13.8 Å². The van der Waals surface area contributed by atoms with Gasteiger partial charge in [0, 0.05) is 0 Å². The number of H-pyrrole nitrogens is 1. The van der Waals surface area contributed by atoms with Gasteiger partial charge in [-0.15, -0.1) is 0 Å². The van der Waals surface area contributed by atoms with Crippen LogP contribution in [0.5, 0.6) is 0 Å². The molecule has 0 amide bonds. The highest BCUT2D eigenvalue weighted by molar-refractivity contribution is 5.43. The van der Waals surface area contributed by atoms with Gasteiger partial charge in [-0.1, -0.05) is 5.16 Å². The van der Waals surface area contributed by atoms with Crippen molar-refractivity contribution in [3.8, 4) is 0 Å². The Bertz CT molecular complexity index is 418. The summed E-state index contributed by atoms with van der Waals surface area (Å²) in [5, 5.41) is 6.87. The predicted octanol–water partition coefficient (Wildman–Crippen LogP) is 1.63. The van der Waals surface area contributed by atoms with E-state index in [1.165, 1.54) is 0 Å². The molecule has 0 radical (unpaired) electrons. The summed E-state index contributed by atoms with van der Waals surface area (Å²) in [6.45, 7) is 4.49. The number of imidazole rings is 1. The molecule has 5 heteroatoms. The first-order valence-corrected chi connectivity index (χ1v) is 4.41. The third kappa shape index (κ3) is 1.76. The number of nitrogens with zero attached hydrogens (tertiary/aromatic N) is 2. The van der Waals surface area contributed by atoms with Gasteiger partial charge in [0.2, 0.25) is 0 Å². The van der Waals surface area contributed by atoms with E-state index < -0.39 is 0 Å². The lowest BCUT2D eigenvalue weighted by Crippen LogP contribution is -1.99. The Morgan fingerprint density at radius 2 is 2.29 bits per heavy atom. The predicted molar refractivity (Wildman–Crippen MR) is 51.9 cm³/mol. The van der Waals surface area contributed by atoms with Crippen LogP contribution >= 0.6 is 0 Å². The maximum atomic E-state index is 4.92. The average molecular weight is 192 g/mol. The molecule has 0 aromatic carbocycles. The number of aryl methyl sites for hydroxylation is 2. The van der Waals surface area contributed by atoms with E-state index in [4.69, 9.17) is 4.52 Å². The average Bonchev–Trinajstić information content (AvgIpc) is 2.72. The first-order chi connectivity index (χ1) is 6.75. The van der Waals surface area contributed by atoms with Crippen LogP contribution in [0.25, 0.3) is 0 Å². The molecule has 0 atom stereocenters. The molecule has 5 nitrogen and oxygen atoms in total. The molecular formula is C9H12N4O. The fraction of sp³-hybridized carbons (Fsp3) is 0.333. The zero-order valence-corrected chi connectivity index (χ0v) is 8.16. The van der Waals surface area contributed by atoms with Crippen molar-refractivity contribution in [2.24, 2.45) is 0 Å². The minimum absolute atomic E-state index is 0.697. The minimum Gasteiger partial charge on any atom is -0.375 e. The van der Waals surface area contributed by atoms with Gasteiger partial charge in [0.1, 0.15) is 5.82 Å². The normalized spacial score (nSPS) is 10.4. The molecular weight excluding hydrogens is 180 g/mol. The first-order valence-electron chi connectivity index (χ1n) is 4.41. The van der Waals surface area contributed by atoms with Crippen LogP contribution in [-0.4, -0.2) is 15.1 Å². The zero-order valence-electron chi connectivity index (χ0n) is 8.16. The monoisotopic (exact) mass is 192 g/mol. The highest BCUT2D eigenvalue weighted by atomic mass is 16.5. The van der Waals surface area contributed by atoms with Crippen molar-refractivity contribution in [3.63, 3.8) is 0 Å². The molecule has 2 rings (SSSR count). The SMILES string of the molecule is Cc1ncc(CNc2cnoc2C)[nH]1. The van der Waals surface area contributed by atoms with Gasteiger partial charge < -0.3 is 14.8 Å². The third-order valence-corrected chi connectivity index (χ3v) is 1.98. The Kier molecular flexibility index (Phi) is 2.22. The lowest BCUT2D eigenvalue weighted by molar-refractivity contribution is 0.398. The molecule has 0 saturated carbocycles. The number of aromatic nitrogens is 3. The van der Waals surface area contributed by atoms with Gasteiger partial charge in [0.05, 0.1) is 30.3 Å². The Labute approximate surface area is 81.5 Å². The lowest BCUT2D eigenvalue weighted by atomic mass is 10.4. The van der Waals surface area contributed by atoms with E-state index >= 15 is 0 Å². The van der Waals surface area contributed by atoms with Crippen molar-refractivity contribution in [1.82, 2.24) is 15.1 Å². The minimum atomic E-state index is 0.697. The van der Waals surface area contributed by atoms with Crippen molar-refractivity contribution in [1.29, 1.82) is 0 Å². The van der Waals surface area contributed by atoms with E-state index in [0.717, 1.165) is 23.0 Å². The van der Waals surface area contributed by atoms with Crippen LogP contribution in [0.4, 0.5) is 5.69 Å². The summed E-state index contributed by atoms with van der Waals surface area (Å²) in [4.78, 5) is 7.24. The number of hydrogen-bond donors (Lipinski definition) is 2. The van der Waals surface area contributed by atoms with Crippen LogP contribution in [0.15, 0.2) is 16.9 Å². The summed E-state index contributed by atoms with van der Waals surface area (Å²) in [6, 6.07) is 0. The summed E-state index contributed by atoms with van der Waals surface area (Å²) in [5.41, 5.74) is 1.96. The van der Waals surface area contributed by atoms with Gasteiger partial charge in [-0.3, -0.25) is 0 Å². The summed E-state index contributed by atoms with van der Waals surface area (Å²) in [6.07, 6.45) is 3.48. The van der Waals surface area contributed by atoms with E-state index in [2.05, 4.69) is 20.4 Å². The van der Waals surface area contributed by atoms with Crippen LogP contribution in [0.1, 0.15) is 17.3 Å². The molecule has 14 heavy (non-hydrogen) atoms. The molecule has 2 aromatic rings. The Morgan fingerprint density at radius 3 is 2.86 bits per heavy atom. The maximum absolute atomic E-state index is 4.92. The van der Waals surface area contributed by atoms with Gasteiger partial charge in [0.25, 0.3) is 0 Å². The van der Waals surface area contributed by atoms with Gasteiger partial charge in [-0.25, -0.2) is 4.98 Å². The molecule has 0 aliphatic rings. The molecule has 74 valence electrons. The fourth-order valence-corrected chi connectivity index (χ4v) is 1.22. The number of hydrogen-bond acceptors (Lipinski definition) is 4. The fourth-order valence-electron chi connectivity index (χ4n) is 1.22. The van der Waals surface area contributed by atoms with Crippen molar-refractivity contribution >= 4 is 5.69 Å². The molecule has 0 fully saturated rings. The number of aromatic amines is 1. The lowest BCUT2D eigenvalue weighted by Gasteiger charge is -2.00. The quantitative estimate of drug-likeness (QED) is 0.775. The van der Waals surface area contributed by atoms with E-state index in [1.54, 1.807) is 6.20 Å². The first kappa shape index (κ1) is 8.80. The molecule has 0 unspecified atom stereocenters. The van der Waals surface area contributed by atoms with Gasteiger partial charge >= 0.3 is 0 Å². The van der Waals surface area contributed by atoms with Crippen LogP contribution in [0.2, 0.25) is 0 Å². The van der Waals surface area contributed by atoms with Gasteiger partial charge in [0.15, 0.2) is 5.76 Å². The summed E-state index contributed by atoms with van der Waals surface area (Å²) < 4.78 is 4.92. The molecule has 0 spiro atoms. The van der Waals surface area contributed by atoms with Crippen molar-refractivity contribution in [3.05, 3.63) is 29.7 Å². The molecule has 2 N–H and O–H groups in total. The van der Waals surface area contributed by atoms with Gasteiger partial charge in [-0.05, 0) is 13.8 Å². The number of rotatable bonds is 3. The van der Waals surface area contributed by atoms with Crippen LogP contribution in [-0.2, 0) is 6.54 Å². The van der Waals surface area contributed by atoms with E-state index in [-0.39, 0.29) is 0 Å². The Balaban J connectivity index is 1.98. The van der Waals surface area contributed by atoms with Gasteiger partial charge in [-0.2, -0.15) is 0 Å². The second kappa shape index (κ2) is 3.53. The van der Waals surface area contributed by atoms with Crippen molar-refractivity contribution < 1.29 is 4.52 Å². The highest BCUT2D eigenvalue weighted by Crippen LogP contribution is 2.13. The van der Waals surface area contributed by atoms with Crippen molar-refractivity contribution in [2.45, 2.75) is 20.4 Å². The van der Waals surface area contributed by atoms with Crippen molar-refractivity contribution in [2.75, 3.05) is 5.32 Å². The summed E-state index contributed by atoms with van der Waals surface area (Å²) in [7, 11) is 0. The van der Waals surface area contributed by atoms with E-state index in [0.29, 0.717) is 6.54 Å². The topological polar surface area (TPSA) is 66.7 Å². The standard InChI is InChI=1S/C9H12N4O/c1-6-9(5-12-14-6)11-4-8-3-10-7(2)13-8/h3,5,11H,4H2,1-2H3,(H,10,13). The van der Waals surface area contributed by atoms with E-state index in [9.17, 15) is 0 Å². The molecule has 2 aromatic heterocycles. The second-order valence-corrected chi connectivity index (χ2v) is 3.14. The number of nitrogens with one attached hydrogen (secondary N) is 2. The smallest absolute Gasteiger partial charge is 0.156 e. The summed E-state index contributed by atoms with van der Waals surface area (Å²) >= 11 is 0. The zero-order chi connectivity index (χ0) is 9.97. The Hall–Kier alpha value is -1.78. The summed E-state index contributed by atoms with van der Waals surface area (Å²) in [5.74, 6) is 1.71. The van der Waals surface area contributed by atoms with Crippen LogP contribution in [0.3, 0.4) is 0 Å².